The zero-order valence-electron chi connectivity index (χ0n) is 8.50. The van der Waals surface area contributed by atoms with E-state index in [1.54, 1.807) is 5.32 Å². The molecule has 0 radical (unpaired) electrons. The maximum absolute atomic E-state index is 13.1. The van der Waals surface area contributed by atoms with Crippen LogP contribution >= 0.6 is 11.6 Å². The number of amides is 1. The molecule has 0 aliphatic rings. The first-order valence-electron chi connectivity index (χ1n) is 4.66. The van der Waals surface area contributed by atoms with E-state index in [9.17, 15) is 22.4 Å². The molecule has 0 aliphatic heterocycles. The molecule has 0 atom stereocenters. The molecule has 2 nitrogen and oxygen atoms in total. The van der Waals surface area contributed by atoms with Crippen LogP contribution in [0, 0.1) is 23.3 Å². The van der Waals surface area contributed by atoms with Gasteiger partial charge in [-0.3, -0.25) is 4.79 Å². The molecule has 1 N–H and O–H groups in total. The molecule has 94 valence electrons. The number of carbonyl (C=O) groups excluding carboxylic acids is 1. The van der Waals surface area contributed by atoms with Crippen molar-refractivity contribution in [1.82, 2.24) is 0 Å². The van der Waals surface area contributed by atoms with E-state index < -0.39 is 34.9 Å². The van der Waals surface area contributed by atoms with Crippen LogP contribution in [0.5, 0.6) is 0 Å². The highest BCUT2D eigenvalue weighted by Gasteiger charge is 2.20. The SMILES string of the molecule is O=C(CCCCl)Nc1c(F)c(F)cc(F)c1F. The van der Waals surface area contributed by atoms with E-state index in [4.69, 9.17) is 11.6 Å². The quantitative estimate of drug-likeness (QED) is 0.508. The van der Waals surface area contributed by atoms with Gasteiger partial charge in [-0.1, -0.05) is 0 Å². The fraction of sp³-hybridized carbons (Fsp3) is 0.300. The minimum absolute atomic E-state index is 0.0685. The molecular formula is C10H8ClF4NO. The van der Waals surface area contributed by atoms with Crippen LogP contribution in [0.4, 0.5) is 23.2 Å². The average molecular weight is 270 g/mol. The van der Waals surface area contributed by atoms with Gasteiger partial charge in [0.15, 0.2) is 23.3 Å². The molecule has 1 aromatic rings. The number of benzene rings is 1. The summed E-state index contributed by atoms with van der Waals surface area (Å²) in [5.74, 6) is -7.00. The second kappa shape index (κ2) is 5.86. The lowest BCUT2D eigenvalue weighted by atomic mass is 10.2. The van der Waals surface area contributed by atoms with Gasteiger partial charge in [0, 0.05) is 18.4 Å². The second-order valence-electron chi connectivity index (χ2n) is 3.18. The van der Waals surface area contributed by atoms with Crippen molar-refractivity contribution in [2.24, 2.45) is 0 Å². The monoisotopic (exact) mass is 269 g/mol. The summed E-state index contributed by atoms with van der Waals surface area (Å²) in [4.78, 5) is 11.2. The van der Waals surface area contributed by atoms with Crippen molar-refractivity contribution in [3.8, 4) is 0 Å². The standard InChI is InChI=1S/C10H8ClF4NO/c11-3-1-2-7(17)16-10-8(14)5(12)4-6(13)9(10)15/h4H,1-3H2,(H,16,17). The van der Waals surface area contributed by atoms with Crippen LogP contribution in [0.3, 0.4) is 0 Å². The highest BCUT2D eigenvalue weighted by molar-refractivity contribution is 6.18. The summed E-state index contributed by atoms with van der Waals surface area (Å²) in [5.41, 5.74) is -1.12. The van der Waals surface area contributed by atoms with Crippen molar-refractivity contribution in [2.75, 3.05) is 11.2 Å². The number of nitrogens with one attached hydrogen (secondary N) is 1. The Labute approximate surface area is 99.6 Å². The number of anilines is 1. The van der Waals surface area contributed by atoms with Crippen molar-refractivity contribution in [3.05, 3.63) is 29.3 Å². The van der Waals surface area contributed by atoms with Gasteiger partial charge < -0.3 is 5.32 Å². The number of rotatable bonds is 4. The number of alkyl halides is 1. The van der Waals surface area contributed by atoms with Crippen LogP contribution < -0.4 is 5.32 Å². The lowest BCUT2D eigenvalue weighted by molar-refractivity contribution is -0.116. The van der Waals surface area contributed by atoms with Crippen LogP contribution in [0.1, 0.15) is 12.8 Å². The molecule has 1 aromatic carbocycles. The van der Waals surface area contributed by atoms with Crippen LogP contribution in [-0.4, -0.2) is 11.8 Å². The normalized spacial score (nSPS) is 10.4. The highest BCUT2D eigenvalue weighted by atomic mass is 35.5. The summed E-state index contributed by atoms with van der Waals surface area (Å²) >= 11 is 5.31. The smallest absolute Gasteiger partial charge is 0.224 e. The van der Waals surface area contributed by atoms with Gasteiger partial charge >= 0.3 is 0 Å². The Morgan fingerprint density at radius 3 is 2.18 bits per heavy atom. The zero-order valence-corrected chi connectivity index (χ0v) is 9.25. The molecule has 7 heteroatoms. The summed E-state index contributed by atoms with van der Waals surface area (Å²) < 4.78 is 51.7. The molecule has 17 heavy (non-hydrogen) atoms. The second-order valence-corrected chi connectivity index (χ2v) is 3.56. The lowest BCUT2D eigenvalue weighted by Crippen LogP contribution is -2.15. The van der Waals surface area contributed by atoms with Gasteiger partial charge in [0.25, 0.3) is 0 Å². The summed E-state index contributed by atoms with van der Waals surface area (Å²) in [5, 5.41) is 1.77. The van der Waals surface area contributed by atoms with Gasteiger partial charge in [0.05, 0.1) is 0 Å². The maximum atomic E-state index is 13.1. The summed E-state index contributed by atoms with van der Waals surface area (Å²) in [6.45, 7) is 0. The number of hydrogen-bond acceptors (Lipinski definition) is 1. The number of hydrogen-bond donors (Lipinski definition) is 1. The molecule has 0 saturated carbocycles. The van der Waals surface area contributed by atoms with Gasteiger partial charge in [-0.05, 0) is 6.42 Å². The van der Waals surface area contributed by atoms with Crippen molar-refractivity contribution in [1.29, 1.82) is 0 Å². The molecule has 0 bridgehead atoms. The Bertz CT molecular complexity index is 413. The maximum Gasteiger partial charge on any atom is 0.224 e. The average Bonchev–Trinajstić information content (AvgIpc) is 2.29. The zero-order chi connectivity index (χ0) is 13.0. The molecule has 0 spiro atoms. The van der Waals surface area contributed by atoms with E-state index in [1.807, 2.05) is 0 Å². The van der Waals surface area contributed by atoms with E-state index in [-0.39, 0.29) is 24.8 Å². The first-order chi connectivity index (χ1) is 7.97. The lowest BCUT2D eigenvalue weighted by Gasteiger charge is -2.08. The summed E-state index contributed by atoms with van der Waals surface area (Å²) in [7, 11) is 0. The molecule has 1 amide bonds. The third-order valence-corrected chi connectivity index (χ3v) is 2.18. The van der Waals surface area contributed by atoms with Crippen molar-refractivity contribution >= 4 is 23.2 Å². The molecule has 0 saturated heterocycles. The first-order valence-corrected chi connectivity index (χ1v) is 5.19. The van der Waals surface area contributed by atoms with Crippen LogP contribution in [0.15, 0.2) is 6.07 Å². The van der Waals surface area contributed by atoms with Gasteiger partial charge in [0.2, 0.25) is 5.91 Å². The fourth-order valence-corrected chi connectivity index (χ4v) is 1.25. The van der Waals surface area contributed by atoms with Crippen molar-refractivity contribution in [3.63, 3.8) is 0 Å². The van der Waals surface area contributed by atoms with Crippen molar-refractivity contribution < 1.29 is 22.4 Å². The van der Waals surface area contributed by atoms with E-state index in [1.165, 1.54) is 0 Å². The van der Waals surface area contributed by atoms with E-state index in [0.717, 1.165) is 0 Å². The first kappa shape index (κ1) is 13.8. The largest absolute Gasteiger partial charge is 0.321 e. The van der Waals surface area contributed by atoms with Crippen LogP contribution in [-0.2, 0) is 4.79 Å². The molecular weight excluding hydrogens is 262 g/mol. The number of carbonyl (C=O) groups is 1. The summed E-state index contributed by atoms with van der Waals surface area (Å²) in [6.07, 6.45) is 0.189. The van der Waals surface area contributed by atoms with Crippen LogP contribution in [0.25, 0.3) is 0 Å². The van der Waals surface area contributed by atoms with Gasteiger partial charge in [-0.2, -0.15) is 0 Å². The summed E-state index contributed by atoms with van der Waals surface area (Å²) in [6, 6.07) is 0.0685. The van der Waals surface area contributed by atoms with E-state index in [2.05, 4.69) is 0 Å². The molecule has 0 unspecified atom stereocenters. The van der Waals surface area contributed by atoms with E-state index in [0.29, 0.717) is 0 Å². The van der Waals surface area contributed by atoms with E-state index >= 15 is 0 Å². The minimum atomic E-state index is -1.64. The van der Waals surface area contributed by atoms with Gasteiger partial charge in [-0.15, -0.1) is 11.6 Å². The van der Waals surface area contributed by atoms with Gasteiger partial charge in [-0.25, -0.2) is 17.6 Å². The highest BCUT2D eigenvalue weighted by Crippen LogP contribution is 2.24. The Morgan fingerprint density at radius 2 is 1.71 bits per heavy atom. The minimum Gasteiger partial charge on any atom is -0.321 e. The third kappa shape index (κ3) is 3.33. The van der Waals surface area contributed by atoms with Crippen LogP contribution in [0.2, 0.25) is 0 Å². The Balaban J connectivity index is 2.94. The molecule has 0 fully saturated rings. The third-order valence-electron chi connectivity index (χ3n) is 1.91. The fourth-order valence-electron chi connectivity index (χ4n) is 1.11. The predicted octanol–water partition coefficient (Wildman–Crippen LogP) is 3.20. The van der Waals surface area contributed by atoms with Gasteiger partial charge in [0.1, 0.15) is 5.69 Å². The molecule has 0 aliphatic carbocycles. The molecule has 1 rings (SSSR count). The predicted molar refractivity (Wildman–Crippen MR) is 54.9 cm³/mol. The Kier molecular flexibility index (Phi) is 4.74. The molecule has 0 heterocycles. The topological polar surface area (TPSA) is 29.1 Å². The molecule has 0 aromatic heterocycles. The van der Waals surface area contributed by atoms with Crippen molar-refractivity contribution in [2.45, 2.75) is 12.8 Å². The Hall–Kier alpha value is -1.30. The number of halogens is 5. The Morgan fingerprint density at radius 1 is 1.18 bits per heavy atom.